The maximum absolute atomic E-state index is 13.5. The summed E-state index contributed by atoms with van der Waals surface area (Å²) in [5.74, 6) is -0.216. The van der Waals surface area contributed by atoms with Gasteiger partial charge in [0.2, 0.25) is 11.7 Å². The number of carbonyl (C=O) groups is 1. The highest BCUT2D eigenvalue weighted by Crippen LogP contribution is 2.45. The van der Waals surface area contributed by atoms with Gasteiger partial charge in [0.1, 0.15) is 5.25 Å². The number of nitrogens with zero attached hydrogens (tertiary/aromatic N) is 5. The van der Waals surface area contributed by atoms with Crippen molar-refractivity contribution in [2.75, 3.05) is 18.0 Å². The van der Waals surface area contributed by atoms with E-state index in [1.807, 2.05) is 29.2 Å². The summed E-state index contributed by atoms with van der Waals surface area (Å²) in [6, 6.07) is 9.33. The molecule has 176 valence electrons. The number of amides is 1. The maximum atomic E-state index is 13.5. The number of nitrogen functional groups attached to an aromatic ring is 1. The number of thioether (sulfide) groups is 1. The second-order valence-corrected chi connectivity index (χ2v) is 10.1. The molecule has 3 N–H and O–H groups in total. The van der Waals surface area contributed by atoms with Gasteiger partial charge in [0, 0.05) is 23.5 Å². The van der Waals surface area contributed by atoms with Crippen molar-refractivity contribution in [2.24, 2.45) is 5.73 Å². The summed E-state index contributed by atoms with van der Waals surface area (Å²) in [4.78, 5) is 23.4. The van der Waals surface area contributed by atoms with Crippen molar-refractivity contribution in [1.29, 1.82) is 5.41 Å². The molecule has 0 spiro atoms. The second-order valence-electron chi connectivity index (χ2n) is 9.00. The van der Waals surface area contributed by atoms with E-state index >= 15 is 0 Å². The van der Waals surface area contributed by atoms with E-state index in [2.05, 4.69) is 33.9 Å². The predicted octanol–water partition coefficient (Wildman–Crippen LogP) is 3.77. The molecule has 2 aliphatic heterocycles. The Balaban J connectivity index is 1.42. The Morgan fingerprint density at radius 3 is 2.64 bits per heavy atom. The zero-order chi connectivity index (χ0) is 23.4. The minimum absolute atomic E-state index is 0.00743. The molecule has 1 aromatic carbocycles. The number of unbranched alkanes of at least 4 members (excludes halogenated alkanes) is 2. The number of piperidine rings is 1. The highest BCUT2D eigenvalue weighted by atomic mass is 32.2. The third kappa shape index (κ3) is 5.35. The lowest BCUT2D eigenvalue weighted by atomic mass is 9.97. The van der Waals surface area contributed by atoms with Crippen LogP contribution in [0.4, 0.5) is 5.69 Å². The van der Waals surface area contributed by atoms with Gasteiger partial charge in [-0.05, 0) is 58.2 Å². The quantitative estimate of drug-likeness (QED) is 0.345. The number of hydrogen-bond donors (Lipinski definition) is 2. The zero-order valence-electron chi connectivity index (χ0n) is 19.4. The number of amidine groups is 1. The van der Waals surface area contributed by atoms with Crippen LogP contribution in [0.1, 0.15) is 69.1 Å². The molecule has 0 saturated carbocycles. The molecule has 3 atom stereocenters. The third-order valence-corrected chi connectivity index (χ3v) is 7.93. The molecular weight excluding hydrogens is 434 g/mol. The van der Waals surface area contributed by atoms with Crippen LogP contribution in [0.3, 0.4) is 0 Å². The number of carbonyl (C=O) groups excluding carboxylic acids is 1. The molecule has 33 heavy (non-hydrogen) atoms. The molecule has 0 aliphatic carbocycles. The second kappa shape index (κ2) is 10.6. The zero-order valence-corrected chi connectivity index (χ0v) is 20.2. The van der Waals surface area contributed by atoms with E-state index < -0.39 is 5.25 Å². The number of nitrogens with two attached hydrogens (primary N) is 1. The van der Waals surface area contributed by atoms with Crippen molar-refractivity contribution in [3.8, 4) is 0 Å². The van der Waals surface area contributed by atoms with Gasteiger partial charge in [-0.1, -0.05) is 25.0 Å². The van der Waals surface area contributed by atoms with Crippen LogP contribution in [-0.4, -0.2) is 57.0 Å². The van der Waals surface area contributed by atoms with Gasteiger partial charge in [0.25, 0.3) is 0 Å². The van der Waals surface area contributed by atoms with Gasteiger partial charge in [0.05, 0.1) is 17.6 Å². The number of benzene rings is 1. The first kappa shape index (κ1) is 23.6. The number of aromatic nitrogens is 3. The summed E-state index contributed by atoms with van der Waals surface area (Å²) in [6.45, 7) is 6.49. The molecule has 0 bridgehead atoms. The van der Waals surface area contributed by atoms with Crippen molar-refractivity contribution in [2.45, 2.75) is 74.6 Å². The summed E-state index contributed by atoms with van der Waals surface area (Å²) >= 11 is 1.47. The summed E-state index contributed by atoms with van der Waals surface area (Å²) in [5.41, 5.74) is 6.97. The smallest absolute Gasteiger partial charge is 0.246 e. The first-order chi connectivity index (χ1) is 16.0. The van der Waals surface area contributed by atoms with E-state index in [9.17, 15) is 4.79 Å². The number of fused-ring (bicyclic) bond motifs is 1. The van der Waals surface area contributed by atoms with E-state index in [0.29, 0.717) is 24.3 Å². The van der Waals surface area contributed by atoms with Crippen LogP contribution in [0, 0.1) is 5.41 Å². The molecular formula is C24H33N7OS. The topological polar surface area (TPSA) is 112 Å². The van der Waals surface area contributed by atoms with Crippen LogP contribution in [0.5, 0.6) is 0 Å². The average Bonchev–Trinajstić information content (AvgIpc) is 2.81. The first-order valence-corrected chi connectivity index (χ1v) is 12.7. The lowest BCUT2D eigenvalue weighted by Gasteiger charge is -2.39. The largest absolute Gasteiger partial charge is 0.381 e. The third-order valence-electron chi connectivity index (χ3n) is 6.65. The number of anilines is 1. The Morgan fingerprint density at radius 2 is 1.88 bits per heavy atom. The molecule has 1 amide bonds. The normalized spacial score (nSPS) is 23.4. The molecule has 1 fully saturated rings. The fraction of sp³-hybridized carbons (Fsp3) is 0.542. The first-order valence-electron chi connectivity index (χ1n) is 11.8. The predicted molar refractivity (Wildman–Crippen MR) is 132 cm³/mol. The van der Waals surface area contributed by atoms with Crippen molar-refractivity contribution < 1.29 is 4.79 Å². The standard InChI is InChI=1S/C24H33N7OS/c1-16-9-8-10-17(2)30(16)13-6-3-7-14-31-19-11-4-5-12-20(19)33-21(24(31)32)18-15-27-29-23(28-18)22(25)26/h4-5,11-12,15-17,21H,3,6-10,13-14H2,1-2H3,(H3,25,26)/t16-,17+,21?. The average molecular weight is 468 g/mol. The minimum atomic E-state index is -0.524. The molecule has 4 rings (SSSR count). The minimum Gasteiger partial charge on any atom is -0.381 e. The molecule has 1 saturated heterocycles. The highest BCUT2D eigenvalue weighted by molar-refractivity contribution is 8.00. The van der Waals surface area contributed by atoms with Crippen LogP contribution >= 0.6 is 11.8 Å². The number of hydrogen-bond acceptors (Lipinski definition) is 7. The van der Waals surface area contributed by atoms with Crippen molar-refractivity contribution in [3.63, 3.8) is 0 Å². The number of likely N-dealkylation sites (tertiary alicyclic amines) is 1. The van der Waals surface area contributed by atoms with E-state index in [0.717, 1.165) is 36.4 Å². The van der Waals surface area contributed by atoms with Crippen LogP contribution < -0.4 is 10.6 Å². The van der Waals surface area contributed by atoms with E-state index in [1.165, 1.54) is 37.2 Å². The van der Waals surface area contributed by atoms with Crippen molar-refractivity contribution >= 4 is 29.2 Å². The van der Waals surface area contributed by atoms with Gasteiger partial charge in [-0.2, -0.15) is 5.10 Å². The molecule has 0 radical (unpaired) electrons. The number of nitrogens with one attached hydrogen (secondary N) is 1. The summed E-state index contributed by atoms with van der Waals surface area (Å²) in [5, 5.41) is 14.8. The highest BCUT2D eigenvalue weighted by Gasteiger charge is 2.35. The van der Waals surface area contributed by atoms with Crippen LogP contribution in [0.15, 0.2) is 35.4 Å². The monoisotopic (exact) mass is 467 g/mol. The Morgan fingerprint density at radius 1 is 1.15 bits per heavy atom. The van der Waals surface area contributed by atoms with Crippen molar-refractivity contribution in [1.82, 2.24) is 20.1 Å². The SMILES string of the molecule is C[C@@H]1CCC[C@H](C)N1CCCCCN1C(=O)C(c2cnnc(C(=N)N)n2)Sc2ccccc21. The molecule has 3 heterocycles. The fourth-order valence-corrected chi connectivity index (χ4v) is 6.02. The van der Waals surface area contributed by atoms with Crippen molar-refractivity contribution in [3.05, 3.63) is 42.0 Å². The molecule has 1 unspecified atom stereocenters. The lowest BCUT2D eigenvalue weighted by molar-refractivity contribution is -0.118. The Hall–Kier alpha value is -2.52. The summed E-state index contributed by atoms with van der Waals surface area (Å²) in [7, 11) is 0. The van der Waals surface area contributed by atoms with Gasteiger partial charge in [0.15, 0.2) is 5.84 Å². The molecule has 2 aliphatic rings. The Labute approximate surface area is 199 Å². The Kier molecular flexibility index (Phi) is 7.60. The summed E-state index contributed by atoms with van der Waals surface area (Å²) < 4.78 is 0. The van der Waals surface area contributed by atoms with Gasteiger partial charge in [-0.15, -0.1) is 16.9 Å². The van der Waals surface area contributed by atoms with Crippen LogP contribution in [0.2, 0.25) is 0 Å². The van der Waals surface area contributed by atoms with Gasteiger partial charge >= 0.3 is 0 Å². The maximum Gasteiger partial charge on any atom is 0.246 e. The number of para-hydroxylation sites is 1. The molecule has 2 aromatic rings. The lowest BCUT2D eigenvalue weighted by Crippen LogP contribution is -2.44. The van der Waals surface area contributed by atoms with Crippen LogP contribution in [0.25, 0.3) is 0 Å². The van der Waals surface area contributed by atoms with Crippen LogP contribution in [-0.2, 0) is 4.79 Å². The van der Waals surface area contributed by atoms with E-state index in [1.54, 1.807) is 0 Å². The molecule has 1 aromatic heterocycles. The molecule has 8 nitrogen and oxygen atoms in total. The summed E-state index contributed by atoms with van der Waals surface area (Å²) in [6.07, 6.45) is 8.61. The number of rotatable bonds is 8. The molecule has 9 heteroatoms. The van der Waals surface area contributed by atoms with Gasteiger partial charge in [-0.25, -0.2) is 4.98 Å². The van der Waals surface area contributed by atoms with E-state index in [-0.39, 0.29) is 17.6 Å². The Bertz CT molecular complexity index is 990. The fourth-order valence-electron chi connectivity index (χ4n) is 4.85. The van der Waals surface area contributed by atoms with Gasteiger partial charge < -0.3 is 10.6 Å². The van der Waals surface area contributed by atoms with Gasteiger partial charge in [-0.3, -0.25) is 15.1 Å². The van der Waals surface area contributed by atoms with E-state index in [4.69, 9.17) is 11.1 Å².